The van der Waals surface area contributed by atoms with Crippen LogP contribution in [-0.2, 0) is 20.8 Å². The van der Waals surface area contributed by atoms with Gasteiger partial charge in [0.1, 0.15) is 23.8 Å². The van der Waals surface area contributed by atoms with Gasteiger partial charge in [-0.1, -0.05) is 0 Å². The summed E-state index contributed by atoms with van der Waals surface area (Å²) < 4.78 is 10.9. The molecule has 0 bridgehead atoms. The first-order valence-electron chi connectivity index (χ1n) is 9.93. The molecule has 0 radical (unpaired) electrons. The number of hydrogen-bond acceptors (Lipinski definition) is 7. The molecule has 0 aliphatic carbocycles. The summed E-state index contributed by atoms with van der Waals surface area (Å²) in [4.78, 5) is 48.3. The molecule has 3 aromatic rings. The average molecular weight is 461 g/mol. The molecule has 9 nitrogen and oxygen atoms in total. The number of furan rings is 1. The van der Waals surface area contributed by atoms with E-state index >= 15 is 0 Å². The van der Waals surface area contributed by atoms with E-state index in [2.05, 4.69) is 10.6 Å². The Balaban J connectivity index is 1.84. The zero-order valence-electron chi connectivity index (χ0n) is 17.9. The quantitative estimate of drug-likeness (QED) is 0.413. The molecule has 3 rings (SSSR count). The van der Waals surface area contributed by atoms with Crippen LogP contribution in [0.25, 0.3) is 21.9 Å². The summed E-state index contributed by atoms with van der Waals surface area (Å²) in [7, 11) is 0. The van der Waals surface area contributed by atoms with Crippen molar-refractivity contribution >= 4 is 51.5 Å². The zero-order valence-corrected chi connectivity index (χ0v) is 18.8. The van der Waals surface area contributed by atoms with Gasteiger partial charge in [-0.25, -0.2) is 4.79 Å². The number of carboxylic acids is 1. The highest BCUT2D eigenvalue weighted by atomic mass is 32.2. The minimum atomic E-state index is -1.18. The molecular formula is C22H24N2O7S. The van der Waals surface area contributed by atoms with Crippen LogP contribution >= 0.6 is 11.8 Å². The first-order valence-corrected chi connectivity index (χ1v) is 11.3. The van der Waals surface area contributed by atoms with Gasteiger partial charge < -0.3 is 24.6 Å². The molecule has 2 heterocycles. The van der Waals surface area contributed by atoms with Crippen LogP contribution < -0.4 is 16.3 Å². The fourth-order valence-electron chi connectivity index (χ4n) is 3.44. The Labute approximate surface area is 187 Å². The number of hydrogen-bond donors (Lipinski definition) is 3. The number of thioether (sulfide) groups is 1. The maximum absolute atomic E-state index is 12.7. The second kappa shape index (κ2) is 9.90. The van der Waals surface area contributed by atoms with Crippen LogP contribution in [0.5, 0.6) is 0 Å². The molecule has 10 heteroatoms. The molecule has 0 saturated carbocycles. The number of aryl methyl sites for hydroxylation is 2. The molecule has 2 amide bonds. The Bertz CT molecular complexity index is 1240. The summed E-state index contributed by atoms with van der Waals surface area (Å²) in [6.45, 7) is 3.11. The predicted molar refractivity (Wildman–Crippen MR) is 121 cm³/mol. The molecule has 1 atom stereocenters. The summed E-state index contributed by atoms with van der Waals surface area (Å²) in [6, 6.07) is 2.61. The van der Waals surface area contributed by atoms with Crippen molar-refractivity contribution in [1.82, 2.24) is 10.6 Å². The Morgan fingerprint density at radius 2 is 1.91 bits per heavy atom. The first kappa shape index (κ1) is 23.4. The molecule has 32 heavy (non-hydrogen) atoms. The minimum Gasteiger partial charge on any atom is -0.480 e. The molecule has 0 spiro atoms. The third kappa shape index (κ3) is 5.13. The summed E-state index contributed by atoms with van der Waals surface area (Å²) in [5.41, 5.74) is 2.09. The van der Waals surface area contributed by atoms with E-state index in [-0.39, 0.29) is 12.0 Å². The van der Waals surface area contributed by atoms with Gasteiger partial charge in [0, 0.05) is 16.8 Å². The number of fused-ring (bicyclic) bond motifs is 2. The number of aliphatic carboxylic acids is 1. The van der Waals surface area contributed by atoms with Gasteiger partial charge in [-0.15, -0.1) is 0 Å². The van der Waals surface area contributed by atoms with Gasteiger partial charge in [0.05, 0.1) is 18.2 Å². The van der Waals surface area contributed by atoms with E-state index in [0.29, 0.717) is 34.3 Å². The van der Waals surface area contributed by atoms with E-state index in [9.17, 15) is 19.2 Å². The van der Waals surface area contributed by atoms with Gasteiger partial charge >= 0.3 is 11.6 Å². The summed E-state index contributed by atoms with van der Waals surface area (Å²) in [5, 5.41) is 15.2. The van der Waals surface area contributed by atoms with Crippen molar-refractivity contribution in [3.8, 4) is 0 Å². The highest BCUT2D eigenvalue weighted by Gasteiger charge is 2.23. The monoisotopic (exact) mass is 460 g/mol. The molecule has 0 saturated heterocycles. The number of rotatable bonds is 9. The largest absolute Gasteiger partial charge is 0.480 e. The Morgan fingerprint density at radius 1 is 1.16 bits per heavy atom. The van der Waals surface area contributed by atoms with Gasteiger partial charge in [-0.05, 0) is 49.5 Å². The van der Waals surface area contributed by atoms with E-state index in [0.717, 1.165) is 10.9 Å². The standard InChI is InChI=1S/C22H24N2O7S/c1-11-10-30-17-8-18-14(6-13(11)17)12(2)15(22(29)31-18)7-19(25)24-16(4-5-32-3)21(28)23-9-20(26)27/h6,8,10,16H,4-5,7,9H2,1-3H3,(H,23,28)(H,24,25)(H,26,27). The molecule has 1 aromatic carbocycles. The molecule has 3 N–H and O–H groups in total. The smallest absolute Gasteiger partial charge is 0.340 e. The van der Waals surface area contributed by atoms with Gasteiger partial charge in [-0.2, -0.15) is 11.8 Å². The van der Waals surface area contributed by atoms with E-state index in [4.69, 9.17) is 13.9 Å². The molecule has 0 aliphatic rings. The maximum Gasteiger partial charge on any atom is 0.340 e. The first-order chi connectivity index (χ1) is 15.2. The number of carboxylic acid groups (broad SMARTS) is 1. The lowest BCUT2D eigenvalue weighted by Gasteiger charge is -2.18. The van der Waals surface area contributed by atoms with Gasteiger partial charge in [-0.3, -0.25) is 14.4 Å². The topological polar surface area (TPSA) is 139 Å². The number of carbonyl (C=O) groups excluding carboxylic acids is 2. The van der Waals surface area contributed by atoms with Crippen LogP contribution in [-0.4, -0.2) is 47.5 Å². The van der Waals surface area contributed by atoms with Crippen molar-refractivity contribution in [2.45, 2.75) is 32.7 Å². The second-order valence-electron chi connectivity index (χ2n) is 7.45. The number of carbonyl (C=O) groups is 3. The number of amides is 2. The predicted octanol–water partition coefficient (Wildman–Crippen LogP) is 2.14. The van der Waals surface area contributed by atoms with E-state index in [1.165, 1.54) is 11.8 Å². The van der Waals surface area contributed by atoms with Gasteiger partial charge in [0.2, 0.25) is 11.8 Å². The van der Waals surface area contributed by atoms with Crippen molar-refractivity contribution in [2.75, 3.05) is 18.6 Å². The Hall–Kier alpha value is -3.27. The van der Waals surface area contributed by atoms with Gasteiger partial charge in [0.25, 0.3) is 0 Å². The van der Waals surface area contributed by atoms with Crippen molar-refractivity contribution in [1.29, 1.82) is 0 Å². The van der Waals surface area contributed by atoms with Crippen molar-refractivity contribution in [2.24, 2.45) is 0 Å². The van der Waals surface area contributed by atoms with Crippen molar-refractivity contribution < 1.29 is 28.3 Å². The molecule has 0 aliphatic heterocycles. The maximum atomic E-state index is 12.7. The lowest BCUT2D eigenvalue weighted by Crippen LogP contribution is -2.48. The van der Waals surface area contributed by atoms with Crippen LogP contribution in [0.4, 0.5) is 0 Å². The van der Waals surface area contributed by atoms with Crippen molar-refractivity contribution in [3.05, 3.63) is 45.5 Å². The third-order valence-electron chi connectivity index (χ3n) is 5.19. The fraction of sp³-hybridized carbons (Fsp3) is 0.364. The van der Waals surface area contributed by atoms with Crippen LogP contribution in [0.3, 0.4) is 0 Å². The highest BCUT2D eigenvalue weighted by Crippen LogP contribution is 2.28. The normalized spacial score (nSPS) is 12.1. The van der Waals surface area contributed by atoms with Crippen LogP contribution in [0.2, 0.25) is 0 Å². The average Bonchev–Trinajstić information content (AvgIpc) is 3.10. The Kier molecular flexibility index (Phi) is 7.24. The molecular weight excluding hydrogens is 436 g/mol. The Morgan fingerprint density at radius 3 is 2.59 bits per heavy atom. The molecule has 2 aromatic heterocycles. The third-order valence-corrected chi connectivity index (χ3v) is 5.83. The fourth-order valence-corrected chi connectivity index (χ4v) is 3.91. The van der Waals surface area contributed by atoms with Crippen LogP contribution in [0, 0.1) is 13.8 Å². The summed E-state index contributed by atoms with van der Waals surface area (Å²) in [5.74, 6) is -1.71. The molecule has 170 valence electrons. The van der Waals surface area contributed by atoms with Gasteiger partial charge in [0.15, 0.2) is 0 Å². The summed E-state index contributed by atoms with van der Waals surface area (Å²) in [6.07, 6.45) is 3.53. The summed E-state index contributed by atoms with van der Waals surface area (Å²) >= 11 is 1.49. The lowest BCUT2D eigenvalue weighted by molar-refractivity contribution is -0.138. The lowest BCUT2D eigenvalue weighted by atomic mass is 10.0. The SMILES string of the molecule is CSCCC(NC(=O)Cc1c(C)c2cc3c(C)coc3cc2oc1=O)C(=O)NCC(=O)O. The second-order valence-corrected chi connectivity index (χ2v) is 8.43. The number of nitrogens with one attached hydrogen (secondary N) is 2. The minimum absolute atomic E-state index is 0.199. The van der Waals surface area contributed by atoms with E-state index in [1.807, 2.05) is 19.2 Å². The van der Waals surface area contributed by atoms with E-state index in [1.54, 1.807) is 19.3 Å². The molecule has 0 fully saturated rings. The van der Waals surface area contributed by atoms with Crippen LogP contribution in [0.15, 0.2) is 32.0 Å². The highest BCUT2D eigenvalue weighted by molar-refractivity contribution is 7.98. The van der Waals surface area contributed by atoms with Crippen LogP contribution in [0.1, 0.15) is 23.1 Å². The zero-order chi connectivity index (χ0) is 23.4. The number of benzene rings is 1. The molecule has 1 unspecified atom stereocenters. The van der Waals surface area contributed by atoms with E-state index < -0.39 is 36.0 Å². The van der Waals surface area contributed by atoms with Crippen molar-refractivity contribution in [3.63, 3.8) is 0 Å².